The zero-order valence-corrected chi connectivity index (χ0v) is 16.2. The average Bonchev–Trinajstić information content (AvgIpc) is 2.91. The number of rotatable bonds is 1. The fourth-order valence-electron chi connectivity index (χ4n) is 2.53. The van der Waals surface area contributed by atoms with Gasteiger partial charge in [-0.2, -0.15) is 0 Å². The van der Waals surface area contributed by atoms with Crippen molar-refractivity contribution in [2.24, 2.45) is 4.99 Å². The standard InChI is InChI=1S/C16H17FN4.C2H6OSi/c1-16(2,3)10-6-9(4-5-11(10)17)14-13-12(7-19-14)20-8-21-15(13)18;1-4(2)3/h4-6,8H,7H2,1-3H3,(H2,18,20,21);1-2H3. The van der Waals surface area contributed by atoms with E-state index in [1.165, 1.54) is 12.4 Å². The average molecular weight is 358 g/mol. The van der Waals surface area contributed by atoms with Crippen molar-refractivity contribution in [1.29, 1.82) is 0 Å². The molecule has 2 heterocycles. The van der Waals surface area contributed by atoms with Gasteiger partial charge in [0.15, 0.2) is 0 Å². The molecule has 0 saturated carbocycles. The first-order valence-electron chi connectivity index (χ1n) is 8.03. The second-order valence-electron chi connectivity index (χ2n) is 7.10. The minimum absolute atomic E-state index is 0.206. The van der Waals surface area contributed by atoms with Crippen LogP contribution in [0, 0.1) is 5.82 Å². The number of nitrogens with two attached hydrogens (primary N) is 1. The summed E-state index contributed by atoms with van der Waals surface area (Å²) in [5, 5.41) is 0. The molecule has 3 rings (SSSR count). The SMILES string of the molecule is CC(C)(C)c1cc(C2=NCc3ncnc(N)c32)ccc1F.C[Si](C)=O. The molecule has 0 saturated heterocycles. The number of anilines is 1. The Morgan fingerprint density at radius 3 is 2.44 bits per heavy atom. The summed E-state index contributed by atoms with van der Waals surface area (Å²) in [5.41, 5.74) is 9.51. The van der Waals surface area contributed by atoms with E-state index in [1.807, 2.05) is 26.8 Å². The van der Waals surface area contributed by atoms with Crippen molar-refractivity contribution in [2.75, 3.05) is 5.73 Å². The number of nitrogens with zero attached hydrogens (tertiary/aromatic N) is 3. The Kier molecular flexibility index (Phi) is 5.57. The lowest BCUT2D eigenvalue weighted by Gasteiger charge is -2.20. The molecular weight excluding hydrogens is 335 g/mol. The Labute approximate surface area is 148 Å². The van der Waals surface area contributed by atoms with Crippen molar-refractivity contribution < 1.29 is 8.85 Å². The minimum atomic E-state index is -1.13. The number of benzene rings is 1. The summed E-state index contributed by atoms with van der Waals surface area (Å²) in [5.74, 6) is 0.209. The van der Waals surface area contributed by atoms with E-state index < -0.39 is 8.68 Å². The zero-order chi connectivity index (χ0) is 18.8. The summed E-state index contributed by atoms with van der Waals surface area (Å²) in [6.07, 6.45) is 1.44. The molecule has 0 amide bonds. The van der Waals surface area contributed by atoms with Crippen molar-refractivity contribution in [1.82, 2.24) is 9.97 Å². The predicted octanol–water partition coefficient (Wildman–Crippen LogP) is 3.51. The van der Waals surface area contributed by atoms with Crippen molar-refractivity contribution >= 4 is 20.2 Å². The molecule has 1 aromatic heterocycles. The lowest BCUT2D eigenvalue weighted by atomic mass is 9.85. The Balaban J connectivity index is 0.000000511. The normalized spacial score (nSPS) is 12.8. The van der Waals surface area contributed by atoms with Gasteiger partial charge in [0, 0.05) is 5.56 Å². The molecule has 7 heteroatoms. The lowest BCUT2D eigenvalue weighted by molar-refractivity contribution is 0.523. The van der Waals surface area contributed by atoms with Gasteiger partial charge in [-0.1, -0.05) is 20.8 Å². The molecule has 2 N–H and O–H groups in total. The number of fused-ring (bicyclic) bond motifs is 1. The third-order valence-electron chi connectivity index (χ3n) is 3.63. The zero-order valence-electron chi connectivity index (χ0n) is 15.2. The van der Waals surface area contributed by atoms with Crippen LogP contribution in [-0.2, 0) is 16.4 Å². The molecule has 0 atom stereocenters. The van der Waals surface area contributed by atoms with Crippen LogP contribution in [0.1, 0.15) is 43.2 Å². The molecule has 25 heavy (non-hydrogen) atoms. The minimum Gasteiger partial charge on any atom is -0.389 e. The van der Waals surface area contributed by atoms with E-state index in [0.717, 1.165) is 22.5 Å². The number of halogens is 1. The van der Waals surface area contributed by atoms with Crippen LogP contribution in [0.5, 0.6) is 0 Å². The summed E-state index contributed by atoms with van der Waals surface area (Å²) in [7, 11) is -1.13. The van der Waals surface area contributed by atoms with Crippen LogP contribution < -0.4 is 5.73 Å². The number of hydrogen-bond donors (Lipinski definition) is 1. The third-order valence-corrected chi connectivity index (χ3v) is 3.63. The molecule has 0 fully saturated rings. The highest BCUT2D eigenvalue weighted by Gasteiger charge is 2.25. The maximum atomic E-state index is 14.0. The molecule has 1 aromatic carbocycles. The quantitative estimate of drug-likeness (QED) is 0.791. The molecule has 5 nitrogen and oxygen atoms in total. The maximum Gasteiger partial charge on any atom is 0.270 e. The smallest absolute Gasteiger partial charge is 0.270 e. The van der Waals surface area contributed by atoms with Crippen LogP contribution in [0.25, 0.3) is 0 Å². The Morgan fingerprint density at radius 1 is 1.20 bits per heavy atom. The van der Waals surface area contributed by atoms with E-state index in [1.54, 1.807) is 19.2 Å². The van der Waals surface area contributed by atoms with E-state index in [-0.39, 0.29) is 11.2 Å². The second kappa shape index (κ2) is 7.31. The molecule has 0 aliphatic carbocycles. The van der Waals surface area contributed by atoms with Crippen molar-refractivity contribution in [3.63, 3.8) is 0 Å². The van der Waals surface area contributed by atoms with Crippen LogP contribution in [0.3, 0.4) is 0 Å². The number of aliphatic imine (C=N–C) groups is 1. The number of nitrogen functional groups attached to an aromatic ring is 1. The van der Waals surface area contributed by atoms with E-state index in [2.05, 4.69) is 15.0 Å². The largest absolute Gasteiger partial charge is 0.389 e. The van der Waals surface area contributed by atoms with Gasteiger partial charge in [0.1, 0.15) is 18.0 Å². The van der Waals surface area contributed by atoms with Gasteiger partial charge in [-0.05, 0) is 42.3 Å². The van der Waals surface area contributed by atoms with Gasteiger partial charge >= 0.3 is 0 Å². The summed E-state index contributed by atoms with van der Waals surface area (Å²) >= 11 is 0. The van der Waals surface area contributed by atoms with Crippen molar-refractivity contribution in [3.8, 4) is 0 Å². The first-order valence-corrected chi connectivity index (χ1v) is 10.4. The molecule has 0 bridgehead atoms. The number of hydrogen-bond acceptors (Lipinski definition) is 5. The van der Waals surface area contributed by atoms with Gasteiger partial charge in [0.2, 0.25) is 0 Å². The highest BCUT2D eigenvalue weighted by atomic mass is 28.2. The molecule has 0 radical (unpaired) electrons. The molecular formula is C18H23FN4OSi. The molecule has 1 aliphatic rings. The van der Waals surface area contributed by atoms with E-state index in [4.69, 9.17) is 5.73 Å². The molecule has 2 aromatic rings. The van der Waals surface area contributed by atoms with Gasteiger partial charge in [-0.15, -0.1) is 0 Å². The Hall–Kier alpha value is -2.28. The van der Waals surface area contributed by atoms with Crippen molar-refractivity contribution in [3.05, 3.63) is 52.7 Å². The van der Waals surface area contributed by atoms with Gasteiger partial charge in [0.05, 0.1) is 23.5 Å². The van der Waals surface area contributed by atoms with E-state index in [0.29, 0.717) is 17.9 Å². The van der Waals surface area contributed by atoms with Crippen LogP contribution in [0.2, 0.25) is 13.1 Å². The lowest BCUT2D eigenvalue weighted by Crippen LogP contribution is -2.15. The van der Waals surface area contributed by atoms with Crippen LogP contribution in [0.4, 0.5) is 10.2 Å². The first-order chi connectivity index (χ1) is 11.6. The fraction of sp³-hybridized carbons (Fsp3) is 0.389. The third kappa shape index (κ3) is 4.42. The van der Waals surface area contributed by atoms with Gasteiger partial charge in [-0.25, -0.2) is 14.4 Å². The highest BCUT2D eigenvalue weighted by molar-refractivity contribution is 6.38. The predicted molar refractivity (Wildman–Crippen MR) is 99.1 cm³/mol. The topological polar surface area (TPSA) is 81.2 Å². The molecule has 1 aliphatic heterocycles. The first kappa shape index (κ1) is 19.0. The number of aromatic nitrogens is 2. The maximum absolute atomic E-state index is 14.0. The van der Waals surface area contributed by atoms with E-state index in [9.17, 15) is 8.85 Å². The monoisotopic (exact) mass is 358 g/mol. The Bertz CT molecular complexity index is 839. The molecule has 0 spiro atoms. The highest BCUT2D eigenvalue weighted by Crippen LogP contribution is 2.30. The summed E-state index contributed by atoms with van der Waals surface area (Å²) in [6.45, 7) is 9.86. The van der Waals surface area contributed by atoms with Crippen molar-refractivity contribution in [2.45, 2.75) is 45.8 Å². The molecule has 132 valence electrons. The fourth-order valence-corrected chi connectivity index (χ4v) is 2.53. The second-order valence-corrected chi connectivity index (χ2v) is 8.91. The summed E-state index contributed by atoms with van der Waals surface area (Å²) in [6, 6.07) is 5.05. The van der Waals surface area contributed by atoms with Gasteiger partial charge in [-0.3, -0.25) is 4.99 Å². The summed E-state index contributed by atoms with van der Waals surface area (Å²) < 4.78 is 23.7. The van der Waals surface area contributed by atoms with Crippen LogP contribution >= 0.6 is 0 Å². The van der Waals surface area contributed by atoms with Crippen LogP contribution in [-0.4, -0.2) is 24.4 Å². The van der Waals surface area contributed by atoms with Gasteiger partial charge in [0.25, 0.3) is 8.68 Å². The summed E-state index contributed by atoms with van der Waals surface area (Å²) in [4.78, 5) is 12.7. The molecule has 0 unspecified atom stereocenters. The van der Waals surface area contributed by atoms with E-state index >= 15 is 0 Å². The van der Waals surface area contributed by atoms with Gasteiger partial charge < -0.3 is 10.2 Å². The van der Waals surface area contributed by atoms with Crippen LogP contribution in [0.15, 0.2) is 29.5 Å². The Morgan fingerprint density at radius 2 is 1.84 bits per heavy atom.